The molecule has 3 rings (SSSR count). The zero-order chi connectivity index (χ0) is 22.1. The van der Waals surface area contributed by atoms with Crippen LogP contribution in [0.1, 0.15) is 24.0 Å². The van der Waals surface area contributed by atoms with Crippen LogP contribution in [0.4, 0.5) is 26.3 Å². The minimum atomic E-state index is -5.01. The van der Waals surface area contributed by atoms with Crippen molar-refractivity contribution in [2.24, 2.45) is 0 Å². The summed E-state index contributed by atoms with van der Waals surface area (Å²) in [6, 6.07) is 4.60. The number of nitrogens with one attached hydrogen (secondary N) is 1. The highest BCUT2D eigenvalue weighted by Gasteiger charge is 2.35. The Balaban J connectivity index is 1.62. The molecule has 0 radical (unpaired) electrons. The number of benzene rings is 2. The molecule has 30 heavy (non-hydrogen) atoms. The number of likely N-dealkylation sites (tertiary alicyclic amines) is 1. The van der Waals surface area contributed by atoms with Gasteiger partial charge in [-0.25, -0.2) is 26.3 Å². The molecule has 1 aliphatic rings. The molecule has 2 aromatic rings. The summed E-state index contributed by atoms with van der Waals surface area (Å²) < 4.78 is 105. The first-order chi connectivity index (χ1) is 14.0. The second kappa shape index (κ2) is 8.56. The maximum absolute atomic E-state index is 13.4. The van der Waals surface area contributed by atoms with Crippen molar-refractivity contribution in [1.29, 1.82) is 0 Å². The average molecular weight is 452 g/mol. The topological polar surface area (TPSA) is 49.4 Å². The molecule has 1 aliphatic heterocycles. The highest BCUT2D eigenvalue weighted by molar-refractivity contribution is 7.89. The highest BCUT2D eigenvalue weighted by atomic mass is 32.2. The molecule has 1 N–H and O–H groups in total. The maximum Gasteiger partial charge on any atom is 0.419 e. The summed E-state index contributed by atoms with van der Waals surface area (Å²) in [6.07, 6.45) is -4.27. The number of rotatable bonds is 5. The molecule has 1 saturated heterocycles. The summed E-state index contributed by atoms with van der Waals surface area (Å²) in [5, 5.41) is 0. The van der Waals surface area contributed by atoms with Crippen LogP contribution in [0.2, 0.25) is 0 Å². The molecule has 2 aromatic carbocycles. The standard InChI is InChI=1S/C19H18F6N2O2S/c20-16-4-2-14(10-15(16)19(23,24)25)30(28,29)26-13-5-7-27(8-6-13)11-12-1-3-17(21)18(22)9-12/h1-4,9-10,13,26H,5-8,11H2. The van der Waals surface area contributed by atoms with E-state index in [2.05, 4.69) is 4.72 Å². The highest BCUT2D eigenvalue weighted by Crippen LogP contribution is 2.33. The zero-order valence-electron chi connectivity index (χ0n) is 15.5. The molecular weight excluding hydrogens is 434 g/mol. The number of alkyl halides is 3. The molecule has 0 spiro atoms. The third-order valence-corrected chi connectivity index (χ3v) is 6.37. The van der Waals surface area contributed by atoms with E-state index in [-0.39, 0.29) is 6.07 Å². The maximum atomic E-state index is 13.4. The molecule has 0 aromatic heterocycles. The van der Waals surface area contributed by atoms with E-state index in [1.54, 1.807) is 0 Å². The van der Waals surface area contributed by atoms with Gasteiger partial charge in [0, 0.05) is 25.7 Å². The van der Waals surface area contributed by atoms with E-state index >= 15 is 0 Å². The monoisotopic (exact) mass is 452 g/mol. The summed E-state index contributed by atoms with van der Waals surface area (Å²) in [7, 11) is -4.27. The van der Waals surface area contributed by atoms with Crippen LogP contribution in [0.15, 0.2) is 41.3 Å². The lowest BCUT2D eigenvalue weighted by molar-refractivity contribution is -0.140. The van der Waals surface area contributed by atoms with Gasteiger partial charge in [0.25, 0.3) is 0 Å². The summed E-state index contributed by atoms with van der Waals surface area (Å²) in [5.41, 5.74) is -1.08. The Labute approximate surface area is 169 Å². The number of nitrogens with zero attached hydrogens (tertiary/aromatic N) is 1. The van der Waals surface area contributed by atoms with E-state index < -0.39 is 50.2 Å². The van der Waals surface area contributed by atoms with Gasteiger partial charge in [-0.15, -0.1) is 0 Å². The minimum Gasteiger partial charge on any atom is -0.299 e. The summed E-state index contributed by atoms with van der Waals surface area (Å²) in [4.78, 5) is 1.26. The zero-order valence-corrected chi connectivity index (χ0v) is 16.3. The van der Waals surface area contributed by atoms with E-state index in [4.69, 9.17) is 0 Å². The molecule has 11 heteroatoms. The number of sulfonamides is 1. The van der Waals surface area contributed by atoms with Crippen molar-refractivity contribution in [2.45, 2.75) is 36.5 Å². The Morgan fingerprint density at radius 2 is 1.57 bits per heavy atom. The molecule has 0 bridgehead atoms. The van der Waals surface area contributed by atoms with Gasteiger partial charge < -0.3 is 0 Å². The Bertz CT molecular complexity index is 1020. The summed E-state index contributed by atoms with van der Waals surface area (Å²) in [5.74, 6) is -3.44. The predicted octanol–water partition coefficient (Wildman–Crippen LogP) is 4.07. The first-order valence-corrected chi connectivity index (χ1v) is 10.5. The predicted molar refractivity (Wildman–Crippen MR) is 96.4 cm³/mol. The van der Waals surface area contributed by atoms with Crippen molar-refractivity contribution in [2.75, 3.05) is 13.1 Å². The Morgan fingerprint density at radius 1 is 0.933 bits per heavy atom. The van der Waals surface area contributed by atoms with Gasteiger partial charge in [-0.05, 0) is 48.7 Å². The molecule has 164 valence electrons. The molecule has 0 unspecified atom stereocenters. The van der Waals surface area contributed by atoms with Gasteiger partial charge >= 0.3 is 6.18 Å². The molecule has 0 saturated carbocycles. The summed E-state index contributed by atoms with van der Waals surface area (Å²) in [6.45, 7) is 1.25. The quantitative estimate of drug-likeness (QED) is 0.696. The van der Waals surface area contributed by atoms with Crippen LogP contribution in [0.3, 0.4) is 0 Å². The van der Waals surface area contributed by atoms with Crippen LogP contribution in [0, 0.1) is 17.5 Å². The van der Waals surface area contributed by atoms with E-state index in [1.165, 1.54) is 6.07 Å². The SMILES string of the molecule is O=S(=O)(NC1CCN(Cc2ccc(F)c(F)c2)CC1)c1ccc(F)c(C(F)(F)F)c1. The molecule has 0 atom stereocenters. The van der Waals surface area contributed by atoms with Crippen molar-refractivity contribution in [1.82, 2.24) is 9.62 Å². The van der Waals surface area contributed by atoms with Crippen molar-refractivity contribution >= 4 is 10.0 Å². The normalized spacial score (nSPS) is 16.7. The van der Waals surface area contributed by atoms with Gasteiger partial charge in [-0.1, -0.05) is 6.07 Å². The summed E-state index contributed by atoms with van der Waals surface area (Å²) >= 11 is 0. The van der Waals surface area contributed by atoms with Crippen molar-refractivity contribution < 1.29 is 34.8 Å². The van der Waals surface area contributed by atoms with Gasteiger partial charge in [-0.2, -0.15) is 13.2 Å². The molecule has 1 heterocycles. The number of hydrogen-bond donors (Lipinski definition) is 1. The molecule has 0 aliphatic carbocycles. The second-order valence-electron chi connectivity index (χ2n) is 7.06. The lowest BCUT2D eigenvalue weighted by atomic mass is 10.1. The molecular formula is C19H18F6N2O2S. The van der Waals surface area contributed by atoms with Gasteiger partial charge in [0.05, 0.1) is 10.5 Å². The second-order valence-corrected chi connectivity index (χ2v) is 8.77. The van der Waals surface area contributed by atoms with Gasteiger partial charge in [0.15, 0.2) is 11.6 Å². The van der Waals surface area contributed by atoms with Crippen LogP contribution in [0.25, 0.3) is 0 Å². The van der Waals surface area contributed by atoms with Gasteiger partial charge in [0.1, 0.15) is 5.82 Å². The van der Waals surface area contributed by atoms with E-state index in [0.29, 0.717) is 44.1 Å². The van der Waals surface area contributed by atoms with Crippen LogP contribution in [0.5, 0.6) is 0 Å². The molecule has 0 amide bonds. The Hall–Kier alpha value is -2.11. The fourth-order valence-corrected chi connectivity index (χ4v) is 4.61. The minimum absolute atomic E-state index is 0.274. The Morgan fingerprint density at radius 3 is 2.17 bits per heavy atom. The van der Waals surface area contributed by atoms with Gasteiger partial charge in [-0.3, -0.25) is 4.90 Å². The third-order valence-electron chi connectivity index (χ3n) is 4.85. The van der Waals surface area contributed by atoms with E-state index in [0.717, 1.165) is 18.2 Å². The lowest BCUT2D eigenvalue weighted by Gasteiger charge is -2.32. The van der Waals surface area contributed by atoms with Crippen LogP contribution in [-0.4, -0.2) is 32.4 Å². The number of piperidine rings is 1. The fourth-order valence-electron chi connectivity index (χ4n) is 3.28. The largest absolute Gasteiger partial charge is 0.419 e. The first kappa shape index (κ1) is 22.6. The number of halogens is 6. The van der Waals surface area contributed by atoms with Crippen LogP contribution in [-0.2, 0) is 22.7 Å². The van der Waals surface area contributed by atoms with Crippen molar-refractivity contribution in [3.63, 3.8) is 0 Å². The lowest BCUT2D eigenvalue weighted by Crippen LogP contribution is -2.44. The molecule has 4 nitrogen and oxygen atoms in total. The van der Waals surface area contributed by atoms with Crippen LogP contribution >= 0.6 is 0 Å². The van der Waals surface area contributed by atoms with E-state index in [9.17, 15) is 34.8 Å². The smallest absolute Gasteiger partial charge is 0.299 e. The van der Waals surface area contributed by atoms with Crippen LogP contribution < -0.4 is 4.72 Å². The average Bonchev–Trinajstić information content (AvgIpc) is 2.65. The molecule has 1 fully saturated rings. The number of hydrogen-bond acceptors (Lipinski definition) is 3. The van der Waals surface area contributed by atoms with E-state index in [1.807, 2.05) is 4.90 Å². The van der Waals surface area contributed by atoms with Crippen molar-refractivity contribution in [3.8, 4) is 0 Å². The van der Waals surface area contributed by atoms with Gasteiger partial charge in [0.2, 0.25) is 10.0 Å². The fraction of sp³-hybridized carbons (Fsp3) is 0.368. The third kappa shape index (κ3) is 5.32. The van der Waals surface area contributed by atoms with Crippen molar-refractivity contribution in [3.05, 3.63) is 65.0 Å². The Kier molecular flexibility index (Phi) is 6.44. The first-order valence-electron chi connectivity index (χ1n) is 9.01.